The van der Waals surface area contributed by atoms with E-state index in [2.05, 4.69) is 53.1 Å². The van der Waals surface area contributed by atoms with Gasteiger partial charge in [0, 0.05) is 30.6 Å². The monoisotopic (exact) mass is 332 g/mol. The van der Waals surface area contributed by atoms with Gasteiger partial charge in [-0.15, -0.1) is 12.4 Å². The number of nitrogens with one attached hydrogen (secondary N) is 2. The lowest BCUT2D eigenvalue weighted by Crippen LogP contribution is -2.45. The molecule has 0 unspecified atom stereocenters. The molecule has 2 atom stereocenters. The van der Waals surface area contributed by atoms with Crippen LogP contribution in [0.2, 0.25) is 0 Å². The van der Waals surface area contributed by atoms with Gasteiger partial charge < -0.3 is 15.4 Å². The molecule has 4 heteroatoms. The van der Waals surface area contributed by atoms with Crippen molar-refractivity contribution in [2.75, 3.05) is 20.2 Å². The fourth-order valence-corrected chi connectivity index (χ4v) is 3.24. The molecule has 0 aliphatic carbocycles. The third-order valence-corrected chi connectivity index (χ3v) is 4.46. The number of rotatable bonds is 5. The van der Waals surface area contributed by atoms with E-state index in [9.17, 15) is 0 Å². The highest BCUT2D eigenvalue weighted by Gasteiger charge is 2.25. The van der Waals surface area contributed by atoms with Crippen molar-refractivity contribution >= 4 is 12.4 Å². The van der Waals surface area contributed by atoms with Crippen LogP contribution in [0.5, 0.6) is 5.75 Å². The molecule has 2 aromatic carbocycles. The van der Waals surface area contributed by atoms with Gasteiger partial charge in [0.15, 0.2) is 0 Å². The first-order chi connectivity index (χ1) is 10.9. The summed E-state index contributed by atoms with van der Waals surface area (Å²) in [5.41, 5.74) is 2.63. The van der Waals surface area contributed by atoms with Crippen LogP contribution in [0.4, 0.5) is 0 Å². The van der Waals surface area contributed by atoms with Crippen LogP contribution in [-0.4, -0.2) is 26.2 Å². The van der Waals surface area contributed by atoms with Crippen LogP contribution < -0.4 is 15.4 Å². The normalized spacial score (nSPS) is 20.6. The predicted molar refractivity (Wildman–Crippen MR) is 97.5 cm³/mol. The lowest BCUT2D eigenvalue weighted by molar-refractivity contribution is 0.337. The van der Waals surface area contributed by atoms with Crippen LogP contribution in [0.3, 0.4) is 0 Å². The van der Waals surface area contributed by atoms with E-state index >= 15 is 0 Å². The minimum atomic E-state index is 0. The number of hydrogen-bond donors (Lipinski definition) is 2. The fraction of sp³-hybridized carbons (Fsp3) is 0.368. The van der Waals surface area contributed by atoms with E-state index in [4.69, 9.17) is 4.74 Å². The summed E-state index contributed by atoms with van der Waals surface area (Å²) in [4.78, 5) is 0. The minimum absolute atomic E-state index is 0. The Kier molecular flexibility index (Phi) is 6.90. The number of piperidine rings is 1. The van der Waals surface area contributed by atoms with Crippen molar-refractivity contribution in [2.24, 2.45) is 0 Å². The standard InChI is InChI=1S/C19H24N2O.ClH/c1-22-19-10-6-5-9-16(19)13-21-18-11-12-20-14-17(18)15-7-3-2-4-8-15;/h2-10,17-18,20-21H,11-14H2,1H3;1H/t17-,18-;/m1./s1. The second-order valence-electron chi connectivity index (χ2n) is 5.81. The molecular formula is C19H25ClN2O. The van der Waals surface area contributed by atoms with E-state index < -0.39 is 0 Å². The summed E-state index contributed by atoms with van der Waals surface area (Å²) in [5.74, 6) is 1.48. The summed E-state index contributed by atoms with van der Waals surface area (Å²) in [6.45, 7) is 2.96. The van der Waals surface area contributed by atoms with Crippen molar-refractivity contribution in [3.8, 4) is 5.75 Å². The van der Waals surface area contributed by atoms with E-state index in [0.717, 1.165) is 31.8 Å². The lowest BCUT2D eigenvalue weighted by Gasteiger charge is -2.33. The molecule has 1 saturated heterocycles. The maximum atomic E-state index is 5.44. The molecule has 0 amide bonds. The first-order valence-corrected chi connectivity index (χ1v) is 7.99. The molecule has 2 aromatic rings. The van der Waals surface area contributed by atoms with Gasteiger partial charge in [-0.1, -0.05) is 48.5 Å². The average molecular weight is 333 g/mol. The van der Waals surface area contributed by atoms with E-state index in [1.165, 1.54) is 11.1 Å². The van der Waals surface area contributed by atoms with Crippen LogP contribution in [0, 0.1) is 0 Å². The number of halogens is 1. The third-order valence-electron chi connectivity index (χ3n) is 4.46. The molecule has 0 aromatic heterocycles. The molecule has 1 fully saturated rings. The van der Waals surface area contributed by atoms with Crippen molar-refractivity contribution in [3.05, 3.63) is 65.7 Å². The molecule has 1 aliphatic rings. The summed E-state index contributed by atoms with van der Waals surface area (Å²) in [6, 6.07) is 19.5. The second kappa shape index (κ2) is 8.92. The van der Waals surface area contributed by atoms with Crippen LogP contribution in [-0.2, 0) is 6.54 Å². The number of hydrogen-bond acceptors (Lipinski definition) is 3. The Morgan fingerprint density at radius 2 is 1.83 bits per heavy atom. The van der Waals surface area contributed by atoms with Gasteiger partial charge in [-0.3, -0.25) is 0 Å². The molecule has 3 rings (SSSR count). The molecule has 0 saturated carbocycles. The highest BCUT2D eigenvalue weighted by atomic mass is 35.5. The average Bonchev–Trinajstić information content (AvgIpc) is 2.61. The molecule has 0 bridgehead atoms. The fourth-order valence-electron chi connectivity index (χ4n) is 3.24. The van der Waals surface area contributed by atoms with Gasteiger partial charge in [-0.25, -0.2) is 0 Å². The van der Waals surface area contributed by atoms with Gasteiger partial charge in [-0.2, -0.15) is 0 Å². The zero-order valence-electron chi connectivity index (χ0n) is 13.5. The van der Waals surface area contributed by atoms with E-state index in [1.807, 2.05) is 12.1 Å². The quantitative estimate of drug-likeness (QED) is 0.881. The maximum absolute atomic E-state index is 5.44. The number of benzene rings is 2. The Morgan fingerprint density at radius 3 is 2.61 bits per heavy atom. The Labute approximate surface area is 144 Å². The van der Waals surface area contributed by atoms with Crippen LogP contribution in [0.25, 0.3) is 0 Å². The predicted octanol–water partition coefficient (Wildman–Crippen LogP) is 3.35. The maximum Gasteiger partial charge on any atom is 0.123 e. The van der Waals surface area contributed by atoms with Crippen molar-refractivity contribution < 1.29 is 4.74 Å². The topological polar surface area (TPSA) is 33.3 Å². The third kappa shape index (κ3) is 4.47. The van der Waals surface area contributed by atoms with Crippen molar-refractivity contribution in [1.82, 2.24) is 10.6 Å². The van der Waals surface area contributed by atoms with Crippen LogP contribution >= 0.6 is 12.4 Å². The number of methoxy groups -OCH3 is 1. The summed E-state index contributed by atoms with van der Waals surface area (Å²) in [6.07, 6.45) is 1.15. The zero-order valence-corrected chi connectivity index (χ0v) is 14.3. The van der Waals surface area contributed by atoms with Gasteiger partial charge in [-0.05, 0) is 24.6 Å². The molecule has 2 N–H and O–H groups in total. The first-order valence-electron chi connectivity index (χ1n) is 7.99. The van der Waals surface area contributed by atoms with Crippen molar-refractivity contribution in [1.29, 1.82) is 0 Å². The van der Waals surface area contributed by atoms with Gasteiger partial charge in [0.2, 0.25) is 0 Å². The van der Waals surface area contributed by atoms with Crippen molar-refractivity contribution in [2.45, 2.75) is 24.9 Å². The Bertz CT molecular complexity index is 591. The van der Waals surface area contributed by atoms with E-state index in [-0.39, 0.29) is 12.4 Å². The van der Waals surface area contributed by atoms with Crippen LogP contribution in [0.15, 0.2) is 54.6 Å². The first kappa shape index (κ1) is 17.8. The SMILES string of the molecule is COc1ccccc1CN[C@@H]1CCNC[C@@H]1c1ccccc1.Cl. The van der Waals surface area contributed by atoms with Gasteiger partial charge >= 0.3 is 0 Å². The van der Waals surface area contributed by atoms with E-state index in [1.54, 1.807) is 7.11 Å². The summed E-state index contributed by atoms with van der Waals surface area (Å²) >= 11 is 0. The second-order valence-corrected chi connectivity index (χ2v) is 5.81. The minimum Gasteiger partial charge on any atom is -0.496 e. The summed E-state index contributed by atoms with van der Waals surface area (Å²) < 4.78 is 5.44. The van der Waals surface area contributed by atoms with Gasteiger partial charge in [0.1, 0.15) is 5.75 Å². The Morgan fingerprint density at radius 1 is 1.09 bits per heavy atom. The molecular weight excluding hydrogens is 308 g/mol. The molecule has 0 spiro atoms. The smallest absolute Gasteiger partial charge is 0.123 e. The molecule has 0 radical (unpaired) electrons. The number of para-hydroxylation sites is 1. The Hall–Kier alpha value is -1.55. The lowest BCUT2D eigenvalue weighted by atomic mass is 9.87. The molecule has 1 aliphatic heterocycles. The largest absolute Gasteiger partial charge is 0.496 e. The summed E-state index contributed by atoms with van der Waals surface area (Å²) in [5, 5.41) is 7.26. The van der Waals surface area contributed by atoms with E-state index in [0.29, 0.717) is 12.0 Å². The van der Waals surface area contributed by atoms with Crippen LogP contribution in [0.1, 0.15) is 23.5 Å². The van der Waals surface area contributed by atoms with Gasteiger partial charge in [0.25, 0.3) is 0 Å². The zero-order chi connectivity index (χ0) is 15.2. The Balaban J connectivity index is 0.00000192. The van der Waals surface area contributed by atoms with Gasteiger partial charge in [0.05, 0.1) is 7.11 Å². The molecule has 23 heavy (non-hydrogen) atoms. The molecule has 124 valence electrons. The summed E-state index contributed by atoms with van der Waals surface area (Å²) in [7, 11) is 1.73. The number of ether oxygens (including phenoxy) is 1. The molecule has 1 heterocycles. The highest BCUT2D eigenvalue weighted by Crippen LogP contribution is 2.25. The molecule has 3 nitrogen and oxygen atoms in total. The van der Waals surface area contributed by atoms with Crippen molar-refractivity contribution in [3.63, 3.8) is 0 Å². The highest BCUT2D eigenvalue weighted by molar-refractivity contribution is 5.85.